The summed E-state index contributed by atoms with van der Waals surface area (Å²) in [6.07, 6.45) is 5.19. The number of aromatic nitrogens is 2. The molecule has 1 N–H and O–H groups in total. The van der Waals surface area contributed by atoms with E-state index < -0.39 is 6.17 Å². The molecule has 5 rings (SSSR count). The number of alkyl halides is 1. The largest absolute Gasteiger partial charge is 0.493 e. The van der Waals surface area contributed by atoms with Gasteiger partial charge in [0.05, 0.1) is 24.9 Å². The van der Waals surface area contributed by atoms with Crippen molar-refractivity contribution in [2.75, 3.05) is 33.4 Å². The van der Waals surface area contributed by atoms with Crippen molar-refractivity contribution in [3.8, 4) is 11.5 Å². The van der Waals surface area contributed by atoms with Gasteiger partial charge in [0, 0.05) is 54.1 Å². The SMILES string of the molecule is COc1cc2c(cc1OCCCN1CCC(F)C1)[nH]c1ccnc(C3CC3)c12. The molecule has 3 heterocycles. The summed E-state index contributed by atoms with van der Waals surface area (Å²) in [4.78, 5) is 10.3. The molecule has 0 amide bonds. The molecule has 3 aromatic rings. The van der Waals surface area contributed by atoms with Crippen molar-refractivity contribution in [2.45, 2.75) is 37.8 Å². The van der Waals surface area contributed by atoms with E-state index in [1.54, 1.807) is 7.11 Å². The smallest absolute Gasteiger partial charge is 0.163 e. The van der Waals surface area contributed by atoms with Crippen molar-refractivity contribution < 1.29 is 13.9 Å². The summed E-state index contributed by atoms with van der Waals surface area (Å²) < 4.78 is 24.9. The van der Waals surface area contributed by atoms with E-state index in [-0.39, 0.29) is 0 Å². The minimum atomic E-state index is -0.666. The lowest BCUT2D eigenvalue weighted by Crippen LogP contribution is -2.23. The number of hydrogen-bond acceptors (Lipinski definition) is 4. The second-order valence-corrected chi connectivity index (χ2v) is 7.96. The lowest BCUT2D eigenvalue weighted by Gasteiger charge is -2.15. The molecule has 1 aliphatic heterocycles. The number of benzene rings is 1. The number of rotatable bonds is 7. The molecule has 1 aliphatic carbocycles. The Morgan fingerprint density at radius 3 is 2.86 bits per heavy atom. The maximum Gasteiger partial charge on any atom is 0.163 e. The Kier molecular flexibility index (Phi) is 4.59. The summed E-state index contributed by atoms with van der Waals surface area (Å²) in [7, 11) is 1.68. The highest BCUT2D eigenvalue weighted by atomic mass is 19.1. The Morgan fingerprint density at radius 2 is 2.11 bits per heavy atom. The van der Waals surface area contributed by atoms with E-state index in [0.29, 0.717) is 25.5 Å². The first-order valence-corrected chi connectivity index (χ1v) is 10.2. The summed E-state index contributed by atoms with van der Waals surface area (Å²) >= 11 is 0. The maximum atomic E-state index is 13.3. The summed E-state index contributed by atoms with van der Waals surface area (Å²) in [6.45, 7) is 2.86. The van der Waals surface area contributed by atoms with Crippen molar-refractivity contribution in [1.82, 2.24) is 14.9 Å². The fourth-order valence-electron chi connectivity index (χ4n) is 4.28. The summed E-state index contributed by atoms with van der Waals surface area (Å²) in [6, 6.07) is 6.12. The van der Waals surface area contributed by atoms with Gasteiger partial charge in [-0.25, -0.2) is 4.39 Å². The molecule has 1 atom stereocenters. The Hall–Kier alpha value is -2.34. The Morgan fingerprint density at radius 1 is 1.21 bits per heavy atom. The molecule has 1 unspecified atom stereocenters. The summed E-state index contributed by atoms with van der Waals surface area (Å²) in [5.74, 6) is 2.07. The molecule has 2 aromatic heterocycles. The third-order valence-corrected chi connectivity index (χ3v) is 5.88. The average molecular weight is 383 g/mol. The zero-order chi connectivity index (χ0) is 19.1. The lowest BCUT2D eigenvalue weighted by molar-refractivity contribution is 0.243. The van der Waals surface area contributed by atoms with Crippen LogP contribution in [0.5, 0.6) is 11.5 Å². The van der Waals surface area contributed by atoms with Crippen molar-refractivity contribution in [2.24, 2.45) is 0 Å². The molecule has 0 bridgehead atoms. The van der Waals surface area contributed by atoms with E-state index >= 15 is 0 Å². The standard InChI is InChI=1S/C22H26FN3O2/c1-27-19-11-16-18(25-17-5-7-24-22(21(16)17)14-3-4-14)12-20(19)28-10-2-8-26-9-6-15(23)13-26/h5,7,11-12,14-15,25H,2-4,6,8-10,13H2,1H3. The number of fused-ring (bicyclic) bond motifs is 3. The number of nitrogens with one attached hydrogen (secondary N) is 1. The number of methoxy groups -OCH3 is 1. The van der Waals surface area contributed by atoms with E-state index in [1.807, 2.05) is 18.3 Å². The molecule has 0 spiro atoms. The quantitative estimate of drug-likeness (QED) is 0.614. The first-order chi connectivity index (χ1) is 13.7. The third-order valence-electron chi connectivity index (χ3n) is 5.88. The van der Waals surface area contributed by atoms with Crippen molar-refractivity contribution in [3.63, 3.8) is 0 Å². The van der Waals surface area contributed by atoms with Gasteiger partial charge in [-0.15, -0.1) is 0 Å². The van der Waals surface area contributed by atoms with E-state index in [2.05, 4.69) is 20.9 Å². The number of hydrogen-bond donors (Lipinski definition) is 1. The molecular formula is C22H26FN3O2. The number of nitrogens with zero attached hydrogens (tertiary/aromatic N) is 2. The number of halogens is 1. The number of pyridine rings is 1. The maximum absolute atomic E-state index is 13.3. The number of ether oxygens (including phenoxy) is 2. The van der Waals surface area contributed by atoms with Gasteiger partial charge in [-0.1, -0.05) is 0 Å². The molecule has 2 fully saturated rings. The Labute approximate surface area is 163 Å². The van der Waals surface area contributed by atoms with Crippen molar-refractivity contribution >= 4 is 21.8 Å². The van der Waals surface area contributed by atoms with Gasteiger partial charge in [0.2, 0.25) is 0 Å². The highest BCUT2D eigenvalue weighted by Gasteiger charge is 2.28. The molecule has 0 radical (unpaired) electrons. The van der Waals surface area contributed by atoms with Gasteiger partial charge in [0.1, 0.15) is 6.17 Å². The second kappa shape index (κ2) is 7.24. The summed E-state index contributed by atoms with van der Waals surface area (Å²) in [5, 5.41) is 2.35. The van der Waals surface area contributed by atoms with E-state index in [9.17, 15) is 4.39 Å². The van der Waals surface area contributed by atoms with Crippen LogP contribution in [-0.4, -0.2) is 54.4 Å². The van der Waals surface area contributed by atoms with Crippen molar-refractivity contribution in [3.05, 3.63) is 30.1 Å². The number of likely N-dealkylation sites (tertiary alicyclic amines) is 1. The zero-order valence-electron chi connectivity index (χ0n) is 16.2. The lowest BCUT2D eigenvalue weighted by atomic mass is 10.1. The van der Waals surface area contributed by atoms with Crippen molar-refractivity contribution in [1.29, 1.82) is 0 Å². The number of aromatic amines is 1. The Bertz CT molecular complexity index is 998. The van der Waals surface area contributed by atoms with Crippen LogP contribution in [0, 0.1) is 0 Å². The van der Waals surface area contributed by atoms with Crippen LogP contribution >= 0.6 is 0 Å². The molecule has 1 saturated heterocycles. The van der Waals surface area contributed by atoms with E-state index in [1.165, 1.54) is 23.9 Å². The zero-order valence-corrected chi connectivity index (χ0v) is 16.2. The molecule has 1 saturated carbocycles. The van der Waals surface area contributed by atoms with Crippen LogP contribution in [-0.2, 0) is 0 Å². The normalized spacial score (nSPS) is 20.3. The highest BCUT2D eigenvalue weighted by molar-refractivity contribution is 6.09. The summed E-state index contributed by atoms with van der Waals surface area (Å²) in [5.41, 5.74) is 3.35. The molecule has 2 aliphatic rings. The molecule has 1 aromatic carbocycles. The van der Waals surface area contributed by atoms with Crippen LogP contribution in [0.2, 0.25) is 0 Å². The van der Waals surface area contributed by atoms with Crippen LogP contribution in [0.1, 0.15) is 37.3 Å². The predicted molar refractivity (Wildman–Crippen MR) is 108 cm³/mol. The van der Waals surface area contributed by atoms with E-state index in [4.69, 9.17) is 9.47 Å². The topological polar surface area (TPSA) is 50.4 Å². The molecule has 5 nitrogen and oxygen atoms in total. The van der Waals surface area contributed by atoms with Gasteiger partial charge in [-0.3, -0.25) is 4.98 Å². The van der Waals surface area contributed by atoms with Gasteiger partial charge in [0.25, 0.3) is 0 Å². The van der Waals surface area contributed by atoms with Gasteiger partial charge in [-0.2, -0.15) is 0 Å². The molecule has 148 valence electrons. The minimum absolute atomic E-state index is 0.557. The van der Waals surface area contributed by atoms with Gasteiger partial charge < -0.3 is 19.4 Å². The number of H-pyrrole nitrogens is 1. The monoisotopic (exact) mass is 383 g/mol. The van der Waals surface area contributed by atoms with Gasteiger partial charge in [-0.05, 0) is 37.8 Å². The van der Waals surface area contributed by atoms with Crippen LogP contribution in [0.25, 0.3) is 21.8 Å². The molecular weight excluding hydrogens is 357 g/mol. The van der Waals surface area contributed by atoms with E-state index in [0.717, 1.165) is 47.4 Å². The first-order valence-electron chi connectivity index (χ1n) is 10.2. The van der Waals surface area contributed by atoms with Crippen LogP contribution in [0.15, 0.2) is 24.4 Å². The predicted octanol–water partition coefficient (Wildman–Crippen LogP) is 4.41. The third kappa shape index (κ3) is 3.30. The van der Waals surface area contributed by atoms with Crippen LogP contribution in [0.4, 0.5) is 4.39 Å². The fraction of sp³-hybridized carbons (Fsp3) is 0.500. The van der Waals surface area contributed by atoms with Gasteiger partial charge in [0.15, 0.2) is 11.5 Å². The fourth-order valence-corrected chi connectivity index (χ4v) is 4.28. The Balaban J connectivity index is 1.37. The highest BCUT2D eigenvalue weighted by Crippen LogP contribution is 2.45. The second-order valence-electron chi connectivity index (χ2n) is 7.96. The van der Waals surface area contributed by atoms with Crippen LogP contribution < -0.4 is 9.47 Å². The van der Waals surface area contributed by atoms with Gasteiger partial charge >= 0.3 is 0 Å². The molecule has 6 heteroatoms. The first kappa shape index (κ1) is 17.7. The van der Waals surface area contributed by atoms with Crippen LogP contribution in [0.3, 0.4) is 0 Å². The molecule has 28 heavy (non-hydrogen) atoms. The average Bonchev–Trinajstić information content (AvgIpc) is 3.37. The minimum Gasteiger partial charge on any atom is -0.493 e.